The number of nitrogens with zero attached hydrogens (tertiary/aromatic N) is 3. The SMILES string of the molecule is Cc1cc(C)cc(C(N)CSc2nncn2C)c1. The van der Waals surface area contributed by atoms with Gasteiger partial charge in [-0.3, -0.25) is 0 Å². The highest BCUT2D eigenvalue weighted by Crippen LogP contribution is 2.22. The number of aromatic nitrogens is 3. The molecule has 5 heteroatoms. The van der Waals surface area contributed by atoms with E-state index >= 15 is 0 Å². The van der Waals surface area contributed by atoms with Crippen LogP contribution >= 0.6 is 11.8 Å². The van der Waals surface area contributed by atoms with Crippen LogP contribution in [0.25, 0.3) is 0 Å². The Morgan fingerprint density at radius 2 is 1.94 bits per heavy atom. The first kappa shape index (κ1) is 13.1. The van der Waals surface area contributed by atoms with Gasteiger partial charge in [-0.15, -0.1) is 10.2 Å². The number of rotatable bonds is 4. The van der Waals surface area contributed by atoms with Gasteiger partial charge >= 0.3 is 0 Å². The molecule has 2 rings (SSSR count). The Labute approximate surface area is 112 Å². The molecule has 0 bridgehead atoms. The first-order valence-electron chi connectivity index (χ1n) is 5.87. The van der Waals surface area contributed by atoms with Crippen molar-refractivity contribution in [3.8, 4) is 0 Å². The third-order valence-electron chi connectivity index (χ3n) is 2.73. The highest BCUT2D eigenvalue weighted by molar-refractivity contribution is 7.99. The van der Waals surface area contributed by atoms with Gasteiger partial charge in [-0.05, 0) is 19.4 Å². The lowest BCUT2D eigenvalue weighted by molar-refractivity contribution is 0.777. The summed E-state index contributed by atoms with van der Waals surface area (Å²) in [6.07, 6.45) is 1.70. The van der Waals surface area contributed by atoms with Crippen LogP contribution in [0.1, 0.15) is 22.7 Å². The summed E-state index contributed by atoms with van der Waals surface area (Å²) < 4.78 is 1.90. The molecule has 2 N–H and O–H groups in total. The normalized spacial score (nSPS) is 12.7. The second kappa shape index (κ2) is 5.54. The number of benzene rings is 1. The molecule has 0 aliphatic heterocycles. The fourth-order valence-electron chi connectivity index (χ4n) is 1.89. The van der Waals surface area contributed by atoms with E-state index in [1.54, 1.807) is 18.1 Å². The first-order chi connectivity index (χ1) is 8.56. The van der Waals surface area contributed by atoms with Crippen LogP contribution in [-0.2, 0) is 7.05 Å². The minimum Gasteiger partial charge on any atom is -0.323 e. The number of hydrogen-bond donors (Lipinski definition) is 1. The van der Waals surface area contributed by atoms with E-state index in [0.717, 1.165) is 10.9 Å². The van der Waals surface area contributed by atoms with Crippen LogP contribution in [0.3, 0.4) is 0 Å². The van der Waals surface area contributed by atoms with E-state index in [1.807, 2.05) is 11.6 Å². The average Bonchev–Trinajstić information content (AvgIpc) is 2.70. The predicted octanol–water partition coefficient (Wildman–Crippen LogP) is 2.22. The van der Waals surface area contributed by atoms with Crippen molar-refractivity contribution in [3.05, 3.63) is 41.2 Å². The third-order valence-corrected chi connectivity index (χ3v) is 3.89. The number of aryl methyl sites for hydroxylation is 3. The van der Waals surface area contributed by atoms with Crippen LogP contribution in [0.4, 0.5) is 0 Å². The molecule has 0 fully saturated rings. The maximum atomic E-state index is 6.22. The van der Waals surface area contributed by atoms with E-state index in [9.17, 15) is 0 Å². The second-order valence-corrected chi connectivity index (χ2v) is 5.55. The van der Waals surface area contributed by atoms with Gasteiger partial charge in [0, 0.05) is 18.8 Å². The Bertz CT molecular complexity index is 515. The topological polar surface area (TPSA) is 56.7 Å². The maximum absolute atomic E-state index is 6.22. The highest BCUT2D eigenvalue weighted by atomic mass is 32.2. The van der Waals surface area contributed by atoms with Crippen molar-refractivity contribution in [1.82, 2.24) is 14.8 Å². The molecular formula is C13H18N4S. The first-order valence-corrected chi connectivity index (χ1v) is 6.85. The Morgan fingerprint density at radius 3 is 2.50 bits per heavy atom. The van der Waals surface area contributed by atoms with Crippen molar-refractivity contribution in [2.24, 2.45) is 12.8 Å². The summed E-state index contributed by atoms with van der Waals surface area (Å²) >= 11 is 1.63. The Hall–Kier alpha value is -1.33. The van der Waals surface area contributed by atoms with Gasteiger partial charge in [0.15, 0.2) is 5.16 Å². The van der Waals surface area contributed by atoms with Gasteiger partial charge in [-0.2, -0.15) is 0 Å². The Balaban J connectivity index is 2.03. The van der Waals surface area contributed by atoms with E-state index in [1.165, 1.54) is 16.7 Å². The summed E-state index contributed by atoms with van der Waals surface area (Å²) in [6, 6.07) is 6.47. The Kier molecular flexibility index (Phi) is 4.04. The summed E-state index contributed by atoms with van der Waals surface area (Å²) in [6.45, 7) is 4.19. The van der Waals surface area contributed by atoms with Gasteiger partial charge in [0.25, 0.3) is 0 Å². The zero-order chi connectivity index (χ0) is 13.1. The van der Waals surface area contributed by atoms with Crippen LogP contribution in [0.5, 0.6) is 0 Å². The van der Waals surface area contributed by atoms with Crippen molar-refractivity contribution >= 4 is 11.8 Å². The largest absolute Gasteiger partial charge is 0.323 e. The predicted molar refractivity (Wildman–Crippen MR) is 74.6 cm³/mol. The third kappa shape index (κ3) is 3.11. The van der Waals surface area contributed by atoms with E-state index in [-0.39, 0.29) is 6.04 Å². The molecular weight excluding hydrogens is 244 g/mol. The van der Waals surface area contributed by atoms with Crippen molar-refractivity contribution < 1.29 is 0 Å². The highest BCUT2D eigenvalue weighted by Gasteiger charge is 2.10. The molecule has 2 aromatic rings. The molecule has 1 aromatic heterocycles. The molecule has 0 saturated carbocycles. The van der Waals surface area contributed by atoms with Crippen LogP contribution < -0.4 is 5.73 Å². The standard InChI is InChI=1S/C13H18N4S/c1-9-4-10(2)6-11(5-9)12(14)7-18-13-16-15-8-17(13)3/h4-6,8,12H,7,14H2,1-3H3. The fourth-order valence-corrected chi connectivity index (χ4v) is 2.76. The van der Waals surface area contributed by atoms with Gasteiger partial charge in [0.05, 0.1) is 0 Å². The van der Waals surface area contributed by atoms with E-state index in [0.29, 0.717) is 0 Å². The van der Waals surface area contributed by atoms with Gasteiger partial charge in [0.2, 0.25) is 0 Å². The second-order valence-electron chi connectivity index (χ2n) is 4.56. The molecule has 0 aliphatic carbocycles. The van der Waals surface area contributed by atoms with Crippen molar-refractivity contribution in [3.63, 3.8) is 0 Å². The molecule has 0 saturated heterocycles. The monoisotopic (exact) mass is 262 g/mol. The lowest BCUT2D eigenvalue weighted by Gasteiger charge is -2.13. The van der Waals surface area contributed by atoms with Gasteiger partial charge in [0.1, 0.15) is 6.33 Å². The van der Waals surface area contributed by atoms with Gasteiger partial charge in [-0.1, -0.05) is 41.1 Å². The quantitative estimate of drug-likeness (QED) is 0.858. The number of thioether (sulfide) groups is 1. The lowest BCUT2D eigenvalue weighted by Crippen LogP contribution is -2.13. The average molecular weight is 262 g/mol. The molecule has 0 amide bonds. The maximum Gasteiger partial charge on any atom is 0.190 e. The number of hydrogen-bond acceptors (Lipinski definition) is 4. The van der Waals surface area contributed by atoms with Crippen LogP contribution in [-0.4, -0.2) is 20.5 Å². The molecule has 0 aliphatic rings. The van der Waals surface area contributed by atoms with Crippen LogP contribution in [0, 0.1) is 13.8 Å². The fraction of sp³-hybridized carbons (Fsp3) is 0.385. The van der Waals surface area contributed by atoms with Crippen molar-refractivity contribution in [1.29, 1.82) is 0 Å². The van der Waals surface area contributed by atoms with Crippen molar-refractivity contribution in [2.75, 3.05) is 5.75 Å². The zero-order valence-corrected chi connectivity index (χ0v) is 11.7. The Morgan fingerprint density at radius 1 is 1.28 bits per heavy atom. The van der Waals surface area contributed by atoms with E-state index < -0.39 is 0 Å². The summed E-state index contributed by atoms with van der Waals surface area (Å²) in [5, 5.41) is 8.79. The molecule has 0 spiro atoms. The summed E-state index contributed by atoms with van der Waals surface area (Å²) in [5.74, 6) is 0.801. The van der Waals surface area contributed by atoms with Crippen LogP contribution in [0.15, 0.2) is 29.7 Å². The van der Waals surface area contributed by atoms with Gasteiger partial charge < -0.3 is 10.3 Å². The summed E-state index contributed by atoms with van der Waals surface area (Å²) in [5.41, 5.74) is 9.91. The van der Waals surface area contributed by atoms with E-state index in [2.05, 4.69) is 42.2 Å². The molecule has 1 unspecified atom stereocenters. The van der Waals surface area contributed by atoms with E-state index in [4.69, 9.17) is 5.73 Å². The molecule has 18 heavy (non-hydrogen) atoms. The lowest BCUT2D eigenvalue weighted by atomic mass is 10.0. The summed E-state index contributed by atoms with van der Waals surface area (Å²) in [4.78, 5) is 0. The van der Waals surface area contributed by atoms with Gasteiger partial charge in [-0.25, -0.2) is 0 Å². The molecule has 96 valence electrons. The summed E-state index contributed by atoms with van der Waals surface area (Å²) in [7, 11) is 1.94. The molecule has 4 nitrogen and oxygen atoms in total. The minimum absolute atomic E-state index is 0.0188. The smallest absolute Gasteiger partial charge is 0.190 e. The molecule has 1 heterocycles. The molecule has 1 aromatic carbocycles. The minimum atomic E-state index is 0.0188. The van der Waals surface area contributed by atoms with Crippen molar-refractivity contribution in [2.45, 2.75) is 25.0 Å². The number of nitrogens with two attached hydrogens (primary N) is 1. The molecule has 1 atom stereocenters. The zero-order valence-electron chi connectivity index (χ0n) is 10.9. The van der Waals surface area contributed by atoms with Crippen LogP contribution in [0.2, 0.25) is 0 Å². The molecule has 0 radical (unpaired) electrons.